The van der Waals surface area contributed by atoms with E-state index >= 15 is 0 Å². The largest absolute Gasteiger partial charge is 0.462 e. The highest BCUT2D eigenvalue weighted by molar-refractivity contribution is 7.99. The average molecular weight is 376 g/mol. The monoisotopic (exact) mass is 376 g/mol. The Morgan fingerprint density at radius 2 is 1.96 bits per heavy atom. The zero-order valence-electron chi connectivity index (χ0n) is 14.6. The predicted molar refractivity (Wildman–Crippen MR) is 98.4 cm³/mol. The molecule has 0 spiro atoms. The number of benzene rings is 1. The summed E-state index contributed by atoms with van der Waals surface area (Å²) in [6, 6.07) is 6.46. The lowest BCUT2D eigenvalue weighted by Gasteiger charge is -2.07. The minimum Gasteiger partial charge on any atom is -0.462 e. The molecule has 0 aliphatic carbocycles. The molecular formula is C17H20N4O4S. The zero-order valence-corrected chi connectivity index (χ0v) is 15.4. The van der Waals surface area contributed by atoms with Gasteiger partial charge in [-0.1, -0.05) is 25.1 Å². The summed E-state index contributed by atoms with van der Waals surface area (Å²) in [5.74, 6) is -0.584. The van der Waals surface area contributed by atoms with Gasteiger partial charge >= 0.3 is 5.97 Å². The van der Waals surface area contributed by atoms with Crippen molar-refractivity contribution in [3.8, 4) is 0 Å². The molecule has 1 heterocycles. The SMILES string of the molecule is CCCCOC(=O)c1ccc(NC(=O)CSc2nnc(C)c(=O)[nH]2)cc1. The van der Waals surface area contributed by atoms with Gasteiger partial charge in [-0.2, -0.15) is 0 Å². The Kier molecular flexibility index (Phi) is 7.34. The van der Waals surface area contributed by atoms with Crippen LogP contribution >= 0.6 is 11.8 Å². The van der Waals surface area contributed by atoms with Crippen LogP contribution in [0.4, 0.5) is 5.69 Å². The fourth-order valence-corrected chi connectivity index (χ4v) is 2.46. The number of aromatic nitrogens is 3. The van der Waals surface area contributed by atoms with Crippen LogP contribution < -0.4 is 10.9 Å². The average Bonchev–Trinajstić information content (AvgIpc) is 2.63. The van der Waals surface area contributed by atoms with E-state index in [2.05, 4.69) is 20.5 Å². The van der Waals surface area contributed by atoms with Crippen molar-refractivity contribution in [3.05, 3.63) is 45.9 Å². The van der Waals surface area contributed by atoms with Crippen molar-refractivity contribution in [2.75, 3.05) is 17.7 Å². The lowest BCUT2D eigenvalue weighted by molar-refractivity contribution is -0.113. The van der Waals surface area contributed by atoms with E-state index in [4.69, 9.17) is 4.74 Å². The quantitative estimate of drug-likeness (QED) is 0.412. The molecule has 138 valence electrons. The third-order valence-electron chi connectivity index (χ3n) is 3.32. The summed E-state index contributed by atoms with van der Waals surface area (Å²) >= 11 is 1.07. The molecule has 8 nitrogen and oxygen atoms in total. The van der Waals surface area contributed by atoms with Crippen LogP contribution in [0, 0.1) is 6.92 Å². The summed E-state index contributed by atoms with van der Waals surface area (Å²) in [6.07, 6.45) is 1.78. The molecule has 0 saturated carbocycles. The minimum absolute atomic E-state index is 0.0640. The second-order valence-electron chi connectivity index (χ2n) is 5.45. The number of ether oxygens (including phenoxy) is 1. The third-order valence-corrected chi connectivity index (χ3v) is 4.18. The predicted octanol–water partition coefficient (Wildman–Crippen LogP) is 2.16. The first-order chi connectivity index (χ1) is 12.5. The first-order valence-electron chi connectivity index (χ1n) is 8.13. The van der Waals surface area contributed by atoms with Crippen molar-refractivity contribution >= 4 is 29.3 Å². The van der Waals surface area contributed by atoms with E-state index in [9.17, 15) is 14.4 Å². The van der Waals surface area contributed by atoms with Crippen LogP contribution in [-0.2, 0) is 9.53 Å². The number of anilines is 1. The Balaban J connectivity index is 1.84. The van der Waals surface area contributed by atoms with Gasteiger partial charge in [0, 0.05) is 5.69 Å². The number of hydrogen-bond acceptors (Lipinski definition) is 7. The van der Waals surface area contributed by atoms with Crippen molar-refractivity contribution in [2.24, 2.45) is 0 Å². The lowest BCUT2D eigenvalue weighted by Crippen LogP contribution is -2.17. The van der Waals surface area contributed by atoms with Crippen LogP contribution in [0.25, 0.3) is 0 Å². The van der Waals surface area contributed by atoms with Crippen molar-refractivity contribution in [1.82, 2.24) is 15.2 Å². The third kappa shape index (κ3) is 5.99. The van der Waals surface area contributed by atoms with E-state index in [-0.39, 0.29) is 34.0 Å². The molecule has 2 N–H and O–H groups in total. The van der Waals surface area contributed by atoms with Crippen molar-refractivity contribution in [2.45, 2.75) is 31.8 Å². The highest BCUT2D eigenvalue weighted by Gasteiger charge is 2.09. The maximum absolute atomic E-state index is 12.0. The van der Waals surface area contributed by atoms with E-state index in [1.54, 1.807) is 31.2 Å². The van der Waals surface area contributed by atoms with Crippen LogP contribution in [0.2, 0.25) is 0 Å². The molecule has 2 rings (SSSR count). The fraction of sp³-hybridized carbons (Fsp3) is 0.353. The molecule has 2 aromatic rings. The van der Waals surface area contributed by atoms with E-state index in [1.165, 1.54) is 0 Å². The number of hydrogen-bond donors (Lipinski definition) is 2. The van der Waals surface area contributed by atoms with Gasteiger partial charge in [-0.15, -0.1) is 10.2 Å². The van der Waals surface area contributed by atoms with E-state index in [0.29, 0.717) is 17.9 Å². The summed E-state index contributed by atoms with van der Waals surface area (Å²) in [6.45, 7) is 3.97. The number of nitrogens with one attached hydrogen (secondary N) is 2. The van der Waals surface area contributed by atoms with Gasteiger partial charge in [-0.25, -0.2) is 4.79 Å². The van der Waals surface area contributed by atoms with E-state index < -0.39 is 0 Å². The van der Waals surface area contributed by atoms with Gasteiger partial charge in [0.05, 0.1) is 17.9 Å². The van der Waals surface area contributed by atoms with Gasteiger partial charge in [0.1, 0.15) is 5.69 Å². The number of nitrogens with zero attached hydrogens (tertiary/aromatic N) is 2. The molecule has 0 aliphatic rings. The van der Waals surface area contributed by atoms with Gasteiger partial charge in [0.2, 0.25) is 5.91 Å². The number of esters is 1. The lowest BCUT2D eigenvalue weighted by atomic mass is 10.2. The Morgan fingerprint density at radius 1 is 1.23 bits per heavy atom. The molecule has 0 atom stereocenters. The van der Waals surface area contributed by atoms with Crippen LogP contribution in [0.3, 0.4) is 0 Å². The van der Waals surface area contributed by atoms with Crippen LogP contribution in [0.15, 0.2) is 34.2 Å². The number of amides is 1. The first-order valence-corrected chi connectivity index (χ1v) is 9.11. The summed E-state index contributed by atoms with van der Waals surface area (Å²) in [7, 11) is 0. The topological polar surface area (TPSA) is 114 Å². The van der Waals surface area contributed by atoms with Crippen molar-refractivity contribution in [1.29, 1.82) is 0 Å². The van der Waals surface area contributed by atoms with Crippen LogP contribution in [0.1, 0.15) is 35.8 Å². The smallest absolute Gasteiger partial charge is 0.338 e. The summed E-state index contributed by atoms with van der Waals surface area (Å²) in [5, 5.41) is 10.5. The van der Waals surface area contributed by atoms with Crippen molar-refractivity contribution < 1.29 is 14.3 Å². The van der Waals surface area contributed by atoms with Crippen LogP contribution in [0.5, 0.6) is 0 Å². The van der Waals surface area contributed by atoms with E-state index in [1.807, 2.05) is 6.92 Å². The van der Waals surface area contributed by atoms with Gasteiger partial charge in [-0.3, -0.25) is 14.6 Å². The second kappa shape index (κ2) is 9.71. The summed E-state index contributed by atoms with van der Waals surface area (Å²) in [4.78, 5) is 37.7. The maximum atomic E-state index is 12.0. The molecule has 1 aromatic carbocycles. The van der Waals surface area contributed by atoms with Gasteiger partial charge in [0.25, 0.3) is 5.56 Å². The van der Waals surface area contributed by atoms with Crippen molar-refractivity contribution in [3.63, 3.8) is 0 Å². The first kappa shape index (κ1) is 19.6. The molecule has 0 saturated heterocycles. The van der Waals surface area contributed by atoms with Gasteiger partial charge < -0.3 is 10.1 Å². The Morgan fingerprint density at radius 3 is 2.62 bits per heavy atom. The molecule has 0 fully saturated rings. The molecule has 0 radical (unpaired) electrons. The second-order valence-corrected chi connectivity index (χ2v) is 6.41. The van der Waals surface area contributed by atoms with Gasteiger partial charge in [-0.05, 0) is 37.6 Å². The summed E-state index contributed by atoms with van der Waals surface area (Å²) < 4.78 is 5.12. The molecule has 0 unspecified atom stereocenters. The highest BCUT2D eigenvalue weighted by atomic mass is 32.2. The number of carbonyl (C=O) groups excluding carboxylic acids is 2. The molecule has 9 heteroatoms. The maximum Gasteiger partial charge on any atom is 0.338 e. The molecule has 26 heavy (non-hydrogen) atoms. The van der Waals surface area contributed by atoms with E-state index in [0.717, 1.165) is 24.6 Å². The number of H-pyrrole nitrogens is 1. The Labute approximate surface area is 154 Å². The molecule has 0 bridgehead atoms. The fourth-order valence-electron chi connectivity index (χ4n) is 1.86. The normalized spacial score (nSPS) is 10.4. The number of thioether (sulfide) groups is 1. The Hall–Kier alpha value is -2.68. The number of unbranched alkanes of at least 4 members (excludes halogenated alkanes) is 1. The number of carbonyl (C=O) groups is 2. The highest BCUT2D eigenvalue weighted by Crippen LogP contribution is 2.13. The van der Waals surface area contributed by atoms with Gasteiger partial charge in [0.15, 0.2) is 5.16 Å². The summed E-state index contributed by atoms with van der Waals surface area (Å²) in [5.41, 5.74) is 0.932. The standard InChI is InChI=1S/C17H20N4O4S/c1-3-4-9-25-16(24)12-5-7-13(8-6-12)18-14(22)10-26-17-19-15(23)11(2)20-21-17/h5-8H,3-4,9-10H2,1-2H3,(H,18,22)(H,19,21,23). The Bertz CT molecular complexity index is 820. The number of rotatable bonds is 8. The zero-order chi connectivity index (χ0) is 18.9. The number of aromatic amines is 1. The molecule has 0 aliphatic heterocycles. The molecular weight excluding hydrogens is 356 g/mol. The molecule has 1 aromatic heterocycles. The molecule has 1 amide bonds. The minimum atomic E-state index is -0.381. The van der Waals surface area contributed by atoms with Crippen LogP contribution in [-0.4, -0.2) is 39.4 Å². The number of aryl methyl sites for hydroxylation is 1.